The molecule has 1 heterocycles. The Labute approximate surface area is 109 Å². The molecule has 1 unspecified atom stereocenters. The van der Waals surface area contributed by atoms with Gasteiger partial charge < -0.3 is 4.74 Å². The number of likely N-dealkylation sites (tertiary alicyclic amines) is 1. The highest BCUT2D eigenvalue weighted by Gasteiger charge is 2.23. The molecule has 17 heavy (non-hydrogen) atoms. The van der Waals surface area contributed by atoms with Crippen LogP contribution in [0.2, 0.25) is 0 Å². The van der Waals surface area contributed by atoms with E-state index in [-0.39, 0.29) is 5.97 Å². The van der Waals surface area contributed by atoms with E-state index in [0.717, 1.165) is 25.3 Å². The first kappa shape index (κ1) is 14.8. The van der Waals surface area contributed by atoms with Gasteiger partial charge in [-0.25, -0.2) is 0 Å². The lowest BCUT2D eigenvalue weighted by Gasteiger charge is -2.34. The van der Waals surface area contributed by atoms with Crippen LogP contribution in [-0.2, 0) is 9.53 Å². The zero-order valence-electron chi connectivity index (χ0n) is 11.1. The average molecular weight is 259 g/mol. The molecule has 0 spiro atoms. The molecule has 1 aliphatic rings. The van der Waals surface area contributed by atoms with E-state index in [1.54, 1.807) is 0 Å². The molecule has 1 atom stereocenters. The van der Waals surface area contributed by atoms with Crippen LogP contribution in [0.25, 0.3) is 0 Å². The number of rotatable bonds is 7. The van der Waals surface area contributed by atoms with E-state index < -0.39 is 0 Å². The Bertz CT molecular complexity index is 217. The molecule has 0 aromatic carbocycles. The van der Waals surface area contributed by atoms with Gasteiger partial charge in [-0.2, -0.15) is 11.8 Å². The van der Waals surface area contributed by atoms with Crippen molar-refractivity contribution in [3.63, 3.8) is 0 Å². The van der Waals surface area contributed by atoms with Crippen LogP contribution < -0.4 is 0 Å². The highest BCUT2D eigenvalue weighted by atomic mass is 32.2. The van der Waals surface area contributed by atoms with E-state index in [0.29, 0.717) is 19.1 Å². The van der Waals surface area contributed by atoms with Crippen LogP contribution in [-0.4, -0.2) is 48.6 Å². The summed E-state index contributed by atoms with van der Waals surface area (Å²) in [4.78, 5) is 14.1. The van der Waals surface area contributed by atoms with Crippen molar-refractivity contribution in [2.24, 2.45) is 0 Å². The first-order valence-electron chi connectivity index (χ1n) is 6.66. The second kappa shape index (κ2) is 8.81. The number of piperidine rings is 1. The van der Waals surface area contributed by atoms with Gasteiger partial charge in [0.2, 0.25) is 0 Å². The van der Waals surface area contributed by atoms with Crippen LogP contribution in [0.5, 0.6) is 0 Å². The number of carbonyl (C=O) groups is 1. The van der Waals surface area contributed by atoms with Crippen molar-refractivity contribution < 1.29 is 9.53 Å². The lowest BCUT2D eigenvalue weighted by atomic mass is 10.0. The molecule has 3 nitrogen and oxygen atoms in total. The molecule has 0 N–H and O–H groups in total. The van der Waals surface area contributed by atoms with Gasteiger partial charge >= 0.3 is 5.97 Å². The first-order chi connectivity index (χ1) is 8.27. The third kappa shape index (κ3) is 5.77. The number of carbonyl (C=O) groups excluding carboxylic acids is 1. The number of nitrogens with zero attached hydrogens (tertiary/aromatic N) is 1. The Morgan fingerprint density at radius 2 is 2.06 bits per heavy atom. The third-order valence-electron chi connectivity index (χ3n) is 3.27. The quantitative estimate of drug-likeness (QED) is 0.657. The van der Waals surface area contributed by atoms with Crippen molar-refractivity contribution in [2.75, 3.05) is 31.7 Å². The standard InChI is InChI=1S/C13H25NO2S/c1-3-16-13(15)11-12(7-10-17-2)14-8-5-4-6-9-14/h12H,3-11H2,1-2H3. The Balaban J connectivity index is 2.43. The highest BCUT2D eigenvalue weighted by molar-refractivity contribution is 7.98. The van der Waals surface area contributed by atoms with Crippen LogP contribution in [0.4, 0.5) is 0 Å². The molecule has 1 fully saturated rings. The minimum Gasteiger partial charge on any atom is -0.466 e. The maximum Gasteiger partial charge on any atom is 0.307 e. The summed E-state index contributed by atoms with van der Waals surface area (Å²) in [6, 6.07) is 0.391. The summed E-state index contributed by atoms with van der Waals surface area (Å²) >= 11 is 1.86. The topological polar surface area (TPSA) is 29.5 Å². The van der Waals surface area contributed by atoms with Gasteiger partial charge in [0.1, 0.15) is 0 Å². The van der Waals surface area contributed by atoms with E-state index in [2.05, 4.69) is 11.2 Å². The zero-order chi connectivity index (χ0) is 12.5. The largest absolute Gasteiger partial charge is 0.466 e. The van der Waals surface area contributed by atoms with Gasteiger partial charge in [-0.1, -0.05) is 6.42 Å². The molecule has 100 valence electrons. The van der Waals surface area contributed by atoms with E-state index in [1.165, 1.54) is 19.3 Å². The van der Waals surface area contributed by atoms with Gasteiger partial charge in [0, 0.05) is 6.04 Å². The van der Waals surface area contributed by atoms with Crippen molar-refractivity contribution in [3.05, 3.63) is 0 Å². The maximum absolute atomic E-state index is 11.6. The molecular weight excluding hydrogens is 234 g/mol. The zero-order valence-corrected chi connectivity index (χ0v) is 11.9. The Kier molecular flexibility index (Phi) is 7.69. The molecule has 4 heteroatoms. The van der Waals surface area contributed by atoms with E-state index in [4.69, 9.17) is 4.74 Å². The van der Waals surface area contributed by atoms with Crippen LogP contribution in [0, 0.1) is 0 Å². The van der Waals surface area contributed by atoms with Crippen LogP contribution in [0.3, 0.4) is 0 Å². The Morgan fingerprint density at radius 3 is 2.65 bits per heavy atom. The number of hydrogen-bond donors (Lipinski definition) is 0. The number of thioether (sulfide) groups is 1. The average Bonchev–Trinajstić information content (AvgIpc) is 2.36. The van der Waals surface area contributed by atoms with Crippen molar-refractivity contribution >= 4 is 17.7 Å². The minimum absolute atomic E-state index is 0.0378. The predicted octanol–water partition coefficient (Wildman–Crippen LogP) is 2.55. The van der Waals surface area contributed by atoms with Gasteiger partial charge in [-0.15, -0.1) is 0 Å². The normalized spacial score (nSPS) is 18.9. The molecule has 0 aromatic rings. The second-order valence-electron chi connectivity index (χ2n) is 4.54. The van der Waals surface area contributed by atoms with Crippen molar-refractivity contribution in [1.29, 1.82) is 0 Å². The van der Waals surface area contributed by atoms with Gasteiger partial charge in [0.15, 0.2) is 0 Å². The predicted molar refractivity (Wildman–Crippen MR) is 73.5 cm³/mol. The fourth-order valence-corrected chi connectivity index (χ4v) is 2.87. The summed E-state index contributed by atoms with van der Waals surface area (Å²) in [5.41, 5.74) is 0. The minimum atomic E-state index is -0.0378. The summed E-state index contributed by atoms with van der Waals surface area (Å²) in [7, 11) is 0. The van der Waals surface area contributed by atoms with E-state index in [9.17, 15) is 4.79 Å². The number of esters is 1. The second-order valence-corrected chi connectivity index (χ2v) is 5.53. The van der Waals surface area contributed by atoms with Crippen molar-refractivity contribution in [1.82, 2.24) is 4.90 Å². The van der Waals surface area contributed by atoms with E-state index >= 15 is 0 Å². The third-order valence-corrected chi connectivity index (χ3v) is 3.91. The van der Waals surface area contributed by atoms with E-state index in [1.807, 2.05) is 18.7 Å². The molecule has 0 aliphatic carbocycles. The monoisotopic (exact) mass is 259 g/mol. The Hall–Kier alpha value is -0.220. The van der Waals surface area contributed by atoms with Gasteiger partial charge in [0.25, 0.3) is 0 Å². The maximum atomic E-state index is 11.6. The molecule has 0 aromatic heterocycles. The van der Waals surface area contributed by atoms with Crippen molar-refractivity contribution in [3.8, 4) is 0 Å². The molecule has 1 saturated heterocycles. The lowest BCUT2D eigenvalue weighted by molar-refractivity contribution is -0.144. The van der Waals surface area contributed by atoms with Gasteiger partial charge in [-0.3, -0.25) is 9.69 Å². The fourth-order valence-electron chi connectivity index (χ4n) is 2.36. The SMILES string of the molecule is CCOC(=O)CC(CCSC)N1CCCCC1. The lowest BCUT2D eigenvalue weighted by Crippen LogP contribution is -2.41. The molecular formula is C13H25NO2S. The summed E-state index contributed by atoms with van der Waals surface area (Å²) in [5.74, 6) is 1.09. The van der Waals surface area contributed by atoms with Crippen LogP contribution in [0.15, 0.2) is 0 Å². The smallest absolute Gasteiger partial charge is 0.307 e. The molecule has 1 rings (SSSR count). The van der Waals surface area contributed by atoms with Gasteiger partial charge in [0.05, 0.1) is 13.0 Å². The summed E-state index contributed by atoms with van der Waals surface area (Å²) in [6.07, 6.45) is 7.67. The van der Waals surface area contributed by atoms with Crippen molar-refractivity contribution in [2.45, 2.75) is 45.1 Å². The molecule has 0 bridgehead atoms. The summed E-state index contributed by atoms with van der Waals surface area (Å²) in [6.45, 7) is 4.67. The van der Waals surface area contributed by atoms with Crippen LogP contribution in [0.1, 0.15) is 39.0 Å². The van der Waals surface area contributed by atoms with Crippen LogP contribution >= 0.6 is 11.8 Å². The highest BCUT2D eigenvalue weighted by Crippen LogP contribution is 2.18. The van der Waals surface area contributed by atoms with Gasteiger partial charge in [-0.05, 0) is 51.3 Å². The summed E-state index contributed by atoms with van der Waals surface area (Å²) in [5, 5.41) is 0. The Morgan fingerprint density at radius 1 is 1.35 bits per heavy atom. The molecule has 0 amide bonds. The number of hydrogen-bond acceptors (Lipinski definition) is 4. The molecule has 1 aliphatic heterocycles. The number of ether oxygens (including phenoxy) is 1. The molecule has 0 saturated carbocycles. The fraction of sp³-hybridized carbons (Fsp3) is 0.923. The first-order valence-corrected chi connectivity index (χ1v) is 8.06. The summed E-state index contributed by atoms with van der Waals surface area (Å²) < 4.78 is 5.07. The molecule has 0 radical (unpaired) electrons.